The summed E-state index contributed by atoms with van der Waals surface area (Å²) in [6.07, 6.45) is -5.37. The van der Waals surface area contributed by atoms with Crippen LogP contribution in [0.3, 0.4) is 0 Å². The van der Waals surface area contributed by atoms with Gasteiger partial charge >= 0.3 is 18.2 Å². The van der Waals surface area contributed by atoms with E-state index in [0.29, 0.717) is 11.1 Å². The molecule has 0 aromatic heterocycles. The Balaban J connectivity index is 2.54. The molecular formula is C58H91N13O18. The highest BCUT2D eigenvalue weighted by Crippen LogP contribution is 2.21. The van der Waals surface area contributed by atoms with E-state index in [9.17, 15) is 73.2 Å². The van der Waals surface area contributed by atoms with Crippen molar-refractivity contribution in [3.8, 4) is 0 Å². The Morgan fingerprint density at radius 2 is 1.10 bits per heavy atom. The van der Waals surface area contributed by atoms with Gasteiger partial charge in [-0.15, -0.1) is 0 Å². The lowest BCUT2D eigenvalue weighted by molar-refractivity contribution is -0.143. The SMILES string of the molecule is CCC(C)[C@H](NC(=O)[C@@H](CCCNC(=N)N)NC(=O)[C@H](CC(C)C)NC(=O)[C@@H](NC(=O)[C@@H](NC(=O)OCc1ccccc1)[C@H](NC(=O)OC(C)(C)C)c1ccccc1)[C@H](O)C(C)C)C(=O)N[C@H](C(=O)NCC(=O)N[C@@H](CO)C(=O)N[C@@H](CO)C(=O)O)[C@H](C)O. The maximum Gasteiger partial charge on any atom is 0.408 e. The van der Waals surface area contributed by atoms with Gasteiger partial charge in [0.1, 0.15) is 60.5 Å². The summed E-state index contributed by atoms with van der Waals surface area (Å²) in [6, 6.07) is 1.81. The Kier molecular flexibility index (Phi) is 32.5. The number of ether oxygens (including phenoxy) is 2. The average Bonchev–Trinajstić information content (AvgIpc) is 3.45. The molecule has 0 heterocycles. The predicted octanol–water partition coefficient (Wildman–Crippen LogP) is -2.12. The monoisotopic (exact) mass is 1260 g/mol. The summed E-state index contributed by atoms with van der Waals surface area (Å²) in [4.78, 5) is 150. The van der Waals surface area contributed by atoms with Crippen molar-refractivity contribution >= 4 is 71.4 Å². The van der Waals surface area contributed by atoms with E-state index in [1.165, 1.54) is 0 Å². The normalized spacial score (nSPS) is 15.3. The molecule has 0 fully saturated rings. The molecule has 0 aliphatic rings. The van der Waals surface area contributed by atoms with Crippen molar-refractivity contribution in [2.75, 3.05) is 26.3 Å². The molecular weight excluding hydrogens is 1170 g/mol. The number of hydrogen-bond donors (Lipinski definition) is 18. The smallest absolute Gasteiger partial charge is 0.408 e. The third-order valence-electron chi connectivity index (χ3n) is 13.4. The Bertz CT molecular complexity index is 2680. The maximum absolute atomic E-state index is 14.8. The number of nitrogens with one attached hydrogen (secondary N) is 12. The molecule has 0 saturated heterocycles. The van der Waals surface area contributed by atoms with Gasteiger partial charge in [0.25, 0.3) is 0 Å². The van der Waals surface area contributed by atoms with Crippen LogP contribution < -0.4 is 64.2 Å². The minimum absolute atomic E-state index is 0.0237. The average molecular weight is 1260 g/mol. The second-order valence-electron chi connectivity index (χ2n) is 22.9. The second-order valence-corrected chi connectivity index (χ2v) is 22.9. The zero-order valence-electron chi connectivity index (χ0n) is 51.8. The summed E-state index contributed by atoms with van der Waals surface area (Å²) in [5.41, 5.74) is 5.36. The first-order valence-electron chi connectivity index (χ1n) is 29.0. The molecule has 2 aromatic carbocycles. The number of aliphatic carboxylic acids is 1. The third kappa shape index (κ3) is 27.5. The molecule has 2 rings (SSSR count). The fraction of sp³-hybridized carbons (Fsp3) is 0.586. The van der Waals surface area contributed by atoms with E-state index in [-0.39, 0.29) is 44.8 Å². The quantitative estimate of drug-likeness (QED) is 0.0197. The highest BCUT2D eigenvalue weighted by atomic mass is 16.6. The first-order valence-corrected chi connectivity index (χ1v) is 29.0. The molecule has 31 heteroatoms. The summed E-state index contributed by atoms with van der Waals surface area (Å²) in [5, 5.41) is 84.6. The van der Waals surface area contributed by atoms with Gasteiger partial charge in [0, 0.05) is 6.54 Å². The van der Waals surface area contributed by atoms with Gasteiger partial charge < -0.3 is 99.2 Å². The number of carboxylic acids is 1. The number of aliphatic hydroxyl groups is 4. The van der Waals surface area contributed by atoms with Crippen LogP contribution in [0.15, 0.2) is 60.7 Å². The van der Waals surface area contributed by atoms with E-state index < -0.39 is 175 Å². The first-order chi connectivity index (χ1) is 41.7. The second kappa shape index (κ2) is 37.9. The molecule has 0 bridgehead atoms. The molecule has 12 atom stereocenters. The maximum atomic E-state index is 14.8. The number of amides is 10. The van der Waals surface area contributed by atoms with Crippen molar-refractivity contribution < 1.29 is 87.7 Å². The number of benzene rings is 2. The molecule has 0 aliphatic carbocycles. The molecule has 0 aliphatic heterocycles. The van der Waals surface area contributed by atoms with Gasteiger partial charge in [-0.2, -0.15) is 0 Å². The molecule has 1 unspecified atom stereocenters. The van der Waals surface area contributed by atoms with E-state index in [2.05, 4.69) is 53.2 Å². The Labute approximate surface area is 516 Å². The van der Waals surface area contributed by atoms with Crippen molar-refractivity contribution in [3.05, 3.63) is 71.8 Å². The number of guanidine groups is 1. The van der Waals surface area contributed by atoms with Gasteiger partial charge in [0.15, 0.2) is 5.96 Å². The summed E-state index contributed by atoms with van der Waals surface area (Å²) < 4.78 is 11.0. The van der Waals surface area contributed by atoms with E-state index in [4.69, 9.17) is 25.7 Å². The first kappa shape index (κ1) is 76.4. The van der Waals surface area contributed by atoms with Crippen LogP contribution in [0.1, 0.15) is 112 Å². The fourth-order valence-corrected chi connectivity index (χ4v) is 8.39. The van der Waals surface area contributed by atoms with Gasteiger partial charge in [-0.25, -0.2) is 14.4 Å². The van der Waals surface area contributed by atoms with Crippen LogP contribution in [0, 0.1) is 23.2 Å². The molecule has 31 nitrogen and oxygen atoms in total. The Morgan fingerprint density at radius 1 is 0.584 bits per heavy atom. The third-order valence-corrected chi connectivity index (χ3v) is 13.4. The highest BCUT2D eigenvalue weighted by Gasteiger charge is 2.41. The minimum Gasteiger partial charge on any atom is -0.480 e. The van der Waals surface area contributed by atoms with Gasteiger partial charge in [-0.3, -0.25) is 43.8 Å². The van der Waals surface area contributed by atoms with Crippen molar-refractivity contribution in [3.63, 3.8) is 0 Å². The number of nitrogens with two attached hydrogens (primary N) is 1. The Morgan fingerprint density at radius 3 is 1.63 bits per heavy atom. The molecule has 89 heavy (non-hydrogen) atoms. The van der Waals surface area contributed by atoms with Crippen LogP contribution in [0.5, 0.6) is 0 Å². The molecule has 0 radical (unpaired) electrons. The van der Waals surface area contributed by atoms with Crippen LogP contribution >= 0.6 is 0 Å². The summed E-state index contributed by atoms with van der Waals surface area (Å²) in [5.74, 6) is -12.3. The van der Waals surface area contributed by atoms with Crippen LogP contribution in [0.25, 0.3) is 0 Å². The van der Waals surface area contributed by atoms with Crippen molar-refractivity contribution in [2.45, 2.75) is 174 Å². The summed E-state index contributed by atoms with van der Waals surface area (Å²) in [6.45, 7) is 12.6. The van der Waals surface area contributed by atoms with Crippen molar-refractivity contribution in [1.82, 2.24) is 58.5 Å². The van der Waals surface area contributed by atoms with E-state index in [0.717, 1.165) is 6.92 Å². The lowest BCUT2D eigenvalue weighted by atomic mass is 9.95. The van der Waals surface area contributed by atoms with Gasteiger partial charge in [-0.05, 0) is 75.8 Å². The number of carbonyl (C=O) groups excluding carboxylic acids is 10. The van der Waals surface area contributed by atoms with E-state index >= 15 is 0 Å². The molecule has 0 saturated carbocycles. The lowest BCUT2D eigenvalue weighted by Crippen LogP contribution is -2.63. The number of aliphatic hydroxyl groups excluding tert-OH is 4. The number of hydrogen-bond acceptors (Lipinski definition) is 18. The minimum atomic E-state index is -1.87. The Hall–Kier alpha value is -8.68. The summed E-state index contributed by atoms with van der Waals surface area (Å²) >= 11 is 0. The van der Waals surface area contributed by atoms with Crippen LogP contribution in [-0.4, -0.2) is 189 Å². The highest BCUT2D eigenvalue weighted by molar-refractivity contribution is 5.98. The largest absolute Gasteiger partial charge is 0.480 e. The topological polar surface area (TPSA) is 490 Å². The fourth-order valence-electron chi connectivity index (χ4n) is 8.39. The van der Waals surface area contributed by atoms with Crippen LogP contribution in [-0.2, 0) is 59.2 Å². The van der Waals surface area contributed by atoms with E-state index in [1.54, 1.807) is 123 Å². The van der Waals surface area contributed by atoms with Crippen molar-refractivity contribution in [1.29, 1.82) is 5.41 Å². The number of alkyl carbamates (subject to hydrolysis) is 2. The zero-order valence-corrected chi connectivity index (χ0v) is 51.8. The number of rotatable bonds is 36. The number of carbonyl (C=O) groups is 11. The molecule has 2 aromatic rings. The molecule has 0 spiro atoms. The predicted molar refractivity (Wildman–Crippen MR) is 321 cm³/mol. The lowest BCUT2D eigenvalue weighted by Gasteiger charge is -2.33. The molecule has 496 valence electrons. The summed E-state index contributed by atoms with van der Waals surface area (Å²) in [7, 11) is 0. The zero-order chi connectivity index (χ0) is 67.3. The van der Waals surface area contributed by atoms with Crippen molar-refractivity contribution in [2.24, 2.45) is 23.5 Å². The molecule has 10 amide bonds. The van der Waals surface area contributed by atoms with Crippen LogP contribution in [0.2, 0.25) is 0 Å². The standard InChI is InChI=1S/C58H91N13O18/c1-11-32(6)41(51(81)68-42(33(7)74)50(80)62-26-40(75)63-38(27-72)49(79)66-39(28-73)54(84)85)67-47(77)36(23-18-24-61-55(59)60)64-48(78)37(25-30(2)3)65-53(83)45(46(76)31(4)5)69-52(82)44(71-56(86)88-29-34-19-14-12-15-20-34)43(35-21-16-13-17-22-35)70-57(87)89-58(8,9)10/h12-17,19-22,30-33,36-39,41-46,72-74,76H,11,18,23-29H2,1-10H3,(H,62,80)(H,63,75)(H,64,78)(H,65,83)(H,66,79)(H,67,77)(H,68,81)(H,69,82)(H,70,87)(H,71,86)(H,84,85)(H4,59,60,61)/t32?,33-,36+,37-,38-,39-,41-,42-,43+,44-,45-,46+/m0/s1. The van der Waals surface area contributed by atoms with Gasteiger partial charge in [-0.1, -0.05) is 109 Å². The van der Waals surface area contributed by atoms with Gasteiger partial charge in [0.05, 0.1) is 38.0 Å². The number of carboxylic acid groups (broad SMARTS) is 1. The van der Waals surface area contributed by atoms with Crippen LogP contribution in [0.4, 0.5) is 9.59 Å². The van der Waals surface area contributed by atoms with Gasteiger partial charge in [0.2, 0.25) is 47.3 Å². The molecule has 19 N–H and O–H groups in total. The van der Waals surface area contributed by atoms with E-state index in [1.807, 2.05) is 5.32 Å².